The number of carbonyl (C=O) groups excluding carboxylic acids is 2. The zero-order valence-electron chi connectivity index (χ0n) is 24.5. The molecule has 2 aliphatic heterocycles. The van der Waals surface area contributed by atoms with Gasteiger partial charge < -0.3 is 19.9 Å². The molecule has 3 fully saturated rings. The SMILES string of the molecule is CC1NCC(C(=O)N2CCC(CCCCNC(=O)c3ccc4nccn4c3)CC2)NC12CCCCCCCCC2. The third-order valence-corrected chi connectivity index (χ3v) is 9.86. The minimum Gasteiger partial charge on any atom is -0.352 e. The molecule has 2 saturated heterocycles. The Morgan fingerprint density at radius 2 is 1.75 bits per heavy atom. The van der Waals surface area contributed by atoms with E-state index < -0.39 is 0 Å². The van der Waals surface area contributed by atoms with Gasteiger partial charge >= 0.3 is 0 Å². The zero-order chi connectivity index (χ0) is 27.8. The Kier molecular flexibility index (Phi) is 10.1. The maximum Gasteiger partial charge on any atom is 0.252 e. The van der Waals surface area contributed by atoms with Crippen molar-refractivity contribution in [1.29, 1.82) is 0 Å². The van der Waals surface area contributed by atoms with Gasteiger partial charge in [-0.3, -0.25) is 14.9 Å². The van der Waals surface area contributed by atoms with Crippen molar-refractivity contribution in [3.63, 3.8) is 0 Å². The second-order valence-electron chi connectivity index (χ2n) is 12.6. The van der Waals surface area contributed by atoms with E-state index in [1.54, 1.807) is 6.20 Å². The number of pyridine rings is 1. The molecule has 4 heterocycles. The first kappa shape index (κ1) is 29.1. The molecule has 2 aromatic heterocycles. The number of carbonyl (C=O) groups is 2. The molecule has 0 bridgehead atoms. The summed E-state index contributed by atoms with van der Waals surface area (Å²) in [5, 5.41) is 10.7. The van der Waals surface area contributed by atoms with Crippen molar-refractivity contribution in [3.05, 3.63) is 36.3 Å². The molecule has 2 amide bonds. The van der Waals surface area contributed by atoms with Gasteiger partial charge in [-0.15, -0.1) is 0 Å². The van der Waals surface area contributed by atoms with E-state index >= 15 is 0 Å². The number of piperidine rings is 1. The molecule has 8 heteroatoms. The molecular weight excluding hydrogens is 500 g/mol. The van der Waals surface area contributed by atoms with Crippen molar-refractivity contribution in [1.82, 2.24) is 30.2 Å². The van der Waals surface area contributed by atoms with E-state index in [0.717, 1.165) is 51.0 Å². The minimum absolute atomic E-state index is 0.0325. The summed E-state index contributed by atoms with van der Waals surface area (Å²) in [6.07, 6.45) is 22.4. The van der Waals surface area contributed by atoms with E-state index in [1.165, 1.54) is 64.2 Å². The van der Waals surface area contributed by atoms with Crippen molar-refractivity contribution >= 4 is 17.5 Å². The number of piperazine rings is 1. The summed E-state index contributed by atoms with van der Waals surface area (Å²) in [5.41, 5.74) is 1.55. The van der Waals surface area contributed by atoms with Crippen LogP contribution >= 0.6 is 0 Å². The number of rotatable bonds is 7. The Hall–Kier alpha value is -2.45. The molecule has 2 unspecified atom stereocenters. The van der Waals surface area contributed by atoms with Crippen LogP contribution in [0.4, 0.5) is 0 Å². The van der Waals surface area contributed by atoms with Gasteiger partial charge in [-0.05, 0) is 57.1 Å². The molecular formula is C32H50N6O2. The van der Waals surface area contributed by atoms with Crippen LogP contribution < -0.4 is 16.0 Å². The summed E-state index contributed by atoms with van der Waals surface area (Å²) >= 11 is 0. The van der Waals surface area contributed by atoms with Crippen LogP contribution in [-0.4, -0.2) is 69.9 Å². The number of amides is 2. The molecule has 1 saturated carbocycles. The molecule has 40 heavy (non-hydrogen) atoms. The number of likely N-dealkylation sites (tertiary alicyclic amines) is 1. The normalized spacial score (nSPS) is 24.7. The number of nitrogens with one attached hydrogen (secondary N) is 3. The molecule has 3 aliphatic rings. The predicted octanol–water partition coefficient (Wildman–Crippen LogP) is 4.69. The quantitative estimate of drug-likeness (QED) is 0.436. The van der Waals surface area contributed by atoms with Crippen LogP contribution in [0.1, 0.15) is 107 Å². The summed E-state index contributed by atoms with van der Waals surface area (Å²) in [6, 6.07) is 4.00. The van der Waals surface area contributed by atoms with Crippen molar-refractivity contribution in [2.24, 2.45) is 5.92 Å². The molecule has 1 spiro atoms. The second-order valence-corrected chi connectivity index (χ2v) is 12.6. The van der Waals surface area contributed by atoms with Crippen LogP contribution in [0.2, 0.25) is 0 Å². The Morgan fingerprint density at radius 1 is 1.02 bits per heavy atom. The first-order valence-electron chi connectivity index (χ1n) is 16.0. The Bertz CT molecular complexity index is 1100. The van der Waals surface area contributed by atoms with Gasteiger partial charge in [0.2, 0.25) is 5.91 Å². The largest absolute Gasteiger partial charge is 0.352 e. The van der Waals surface area contributed by atoms with Gasteiger partial charge in [-0.25, -0.2) is 4.98 Å². The molecule has 5 rings (SSSR count). The molecule has 2 aromatic rings. The minimum atomic E-state index is -0.103. The van der Waals surface area contributed by atoms with Crippen molar-refractivity contribution in [2.45, 2.75) is 114 Å². The van der Waals surface area contributed by atoms with Crippen LogP contribution in [0.15, 0.2) is 30.7 Å². The summed E-state index contributed by atoms with van der Waals surface area (Å²) in [4.78, 5) is 32.4. The highest BCUT2D eigenvalue weighted by molar-refractivity contribution is 5.94. The van der Waals surface area contributed by atoms with Crippen LogP contribution in [0.5, 0.6) is 0 Å². The van der Waals surface area contributed by atoms with Crippen molar-refractivity contribution in [2.75, 3.05) is 26.2 Å². The third-order valence-electron chi connectivity index (χ3n) is 9.86. The number of hydrogen-bond donors (Lipinski definition) is 3. The molecule has 3 N–H and O–H groups in total. The first-order chi connectivity index (χ1) is 19.5. The smallest absolute Gasteiger partial charge is 0.252 e. The average Bonchev–Trinajstić information content (AvgIpc) is 3.46. The van der Waals surface area contributed by atoms with Gasteiger partial charge in [0.25, 0.3) is 5.91 Å². The van der Waals surface area contributed by atoms with Crippen LogP contribution in [0.25, 0.3) is 5.65 Å². The van der Waals surface area contributed by atoms with Crippen molar-refractivity contribution in [3.8, 4) is 0 Å². The fourth-order valence-electron chi connectivity index (χ4n) is 7.21. The van der Waals surface area contributed by atoms with Gasteiger partial charge in [0.05, 0.1) is 11.6 Å². The van der Waals surface area contributed by atoms with E-state index in [2.05, 4.69) is 32.8 Å². The maximum absolute atomic E-state index is 13.6. The Balaban J connectivity index is 1.01. The summed E-state index contributed by atoms with van der Waals surface area (Å²) < 4.78 is 1.87. The van der Waals surface area contributed by atoms with Gasteiger partial charge in [0.15, 0.2) is 0 Å². The Morgan fingerprint density at radius 3 is 2.50 bits per heavy atom. The van der Waals surface area contributed by atoms with Crippen LogP contribution in [0.3, 0.4) is 0 Å². The summed E-state index contributed by atoms with van der Waals surface area (Å²) in [6.45, 7) is 5.49. The number of hydrogen-bond acceptors (Lipinski definition) is 5. The molecule has 0 radical (unpaired) electrons. The monoisotopic (exact) mass is 550 g/mol. The molecule has 0 aromatic carbocycles. The summed E-state index contributed by atoms with van der Waals surface area (Å²) in [7, 11) is 0. The first-order valence-corrected chi connectivity index (χ1v) is 16.0. The van der Waals surface area contributed by atoms with E-state index in [-0.39, 0.29) is 17.5 Å². The molecule has 1 aliphatic carbocycles. The Labute approximate surface area is 240 Å². The van der Waals surface area contributed by atoms with Crippen LogP contribution in [-0.2, 0) is 4.79 Å². The molecule has 8 nitrogen and oxygen atoms in total. The fraction of sp³-hybridized carbons (Fsp3) is 0.719. The highest BCUT2D eigenvalue weighted by atomic mass is 16.2. The number of fused-ring (bicyclic) bond motifs is 1. The van der Waals surface area contributed by atoms with E-state index in [9.17, 15) is 9.59 Å². The topological polar surface area (TPSA) is 90.8 Å². The lowest BCUT2D eigenvalue weighted by molar-refractivity contribution is -0.136. The van der Waals surface area contributed by atoms with Gasteiger partial charge in [0.1, 0.15) is 5.65 Å². The number of nitrogens with zero attached hydrogens (tertiary/aromatic N) is 3. The van der Waals surface area contributed by atoms with Gasteiger partial charge in [0, 0.05) is 56.4 Å². The highest BCUT2D eigenvalue weighted by Crippen LogP contribution is 2.31. The fourth-order valence-corrected chi connectivity index (χ4v) is 7.21. The number of unbranched alkanes of at least 4 members (excludes halogenated alkanes) is 1. The van der Waals surface area contributed by atoms with Gasteiger partial charge in [-0.1, -0.05) is 57.8 Å². The standard InChI is InChI=1S/C32H50N6O2/c1-25-32(16-8-5-3-2-4-6-9-17-32)36-28(23-35-25)31(40)37-20-14-26(15-21-37)11-7-10-18-34-30(39)27-12-13-29-33-19-22-38(29)24-27/h12-13,19,22,24-26,28,35-36H,2-11,14-18,20-21,23H2,1H3,(H,34,39). The lowest BCUT2D eigenvalue weighted by atomic mass is 9.77. The van der Waals surface area contributed by atoms with Gasteiger partial charge in [-0.2, -0.15) is 0 Å². The maximum atomic E-state index is 13.6. The average molecular weight is 551 g/mol. The number of imidazole rings is 1. The van der Waals surface area contributed by atoms with E-state index in [1.807, 2.05) is 28.9 Å². The predicted molar refractivity (Wildman–Crippen MR) is 159 cm³/mol. The number of aromatic nitrogens is 2. The lowest BCUT2D eigenvalue weighted by Gasteiger charge is -2.49. The van der Waals surface area contributed by atoms with E-state index in [0.29, 0.717) is 30.0 Å². The van der Waals surface area contributed by atoms with Crippen molar-refractivity contribution < 1.29 is 9.59 Å². The summed E-state index contributed by atoms with van der Waals surface area (Å²) in [5.74, 6) is 0.936. The zero-order valence-corrected chi connectivity index (χ0v) is 24.5. The van der Waals surface area contributed by atoms with Crippen LogP contribution in [0, 0.1) is 5.92 Å². The lowest BCUT2D eigenvalue weighted by Crippen LogP contribution is -2.71. The second kappa shape index (κ2) is 13.9. The molecule has 2 atom stereocenters. The third kappa shape index (κ3) is 7.24. The highest BCUT2D eigenvalue weighted by Gasteiger charge is 2.43. The van der Waals surface area contributed by atoms with E-state index in [4.69, 9.17) is 0 Å². The molecule has 220 valence electrons.